The van der Waals surface area contributed by atoms with E-state index >= 15 is 0 Å². The summed E-state index contributed by atoms with van der Waals surface area (Å²) in [5.74, 6) is 0. The number of halogens is 3. The number of hydrogen-bond donors (Lipinski definition) is 12. The number of nitrogens with zero attached hydrogens (tertiary/aromatic N) is 4. The summed E-state index contributed by atoms with van der Waals surface area (Å²) >= 11 is 13.0. The molecular formula is C80H113Br2ClN12O20. The maximum atomic E-state index is 12.5. The molecule has 12 N–H and O–H groups in total. The fourth-order valence-electron chi connectivity index (χ4n) is 10.6. The highest BCUT2D eigenvalue weighted by Gasteiger charge is 2.37. The molecule has 8 rings (SSSR count). The van der Waals surface area contributed by atoms with Gasteiger partial charge in [-0.25, -0.2) is 38.4 Å². The lowest BCUT2D eigenvalue weighted by atomic mass is 10.1. The van der Waals surface area contributed by atoms with E-state index in [1.807, 2.05) is 60.7 Å². The highest BCUT2D eigenvalue weighted by Crippen LogP contribution is 2.36. The SMILES string of the molecule is CC(C)(C)OC(=O)NCC(c1c[nH]c2cc(Br)ccc12)N(O)C(=O)OC(C)(C)C.CC(C)(C)OC(=O)NCC(c1c[nH]c2ccc(Br)cc12)N(O)C(=O)OC(C)(C)C.CC(C)(C)OC(=O)NCC(c1c[nH]c2ccc(Cl)cc12)N(O)C(=O)OC(C)(C)C.CC(C)(C)OC(=O)NCC(c1c[nH]c2ccccc12)N(O)C(=O)OC(C)(C)C. The predicted molar refractivity (Wildman–Crippen MR) is 441 cm³/mol. The number of H-pyrrole nitrogens is 4. The van der Waals surface area contributed by atoms with Crippen molar-refractivity contribution in [2.75, 3.05) is 26.2 Å². The molecule has 0 aliphatic carbocycles. The Balaban J connectivity index is 0.000000274. The van der Waals surface area contributed by atoms with Gasteiger partial charge in [-0.3, -0.25) is 20.8 Å². The first-order valence-electron chi connectivity index (χ1n) is 36.7. The number of para-hydroxylation sites is 1. The van der Waals surface area contributed by atoms with Crippen molar-refractivity contribution in [1.82, 2.24) is 61.5 Å². The molecule has 0 aliphatic heterocycles. The van der Waals surface area contributed by atoms with Crippen LogP contribution in [0.15, 0.2) is 113 Å². The fourth-order valence-corrected chi connectivity index (χ4v) is 11.5. The summed E-state index contributed by atoms with van der Waals surface area (Å²) in [5, 5.41) is 58.4. The topological polar surface area (TPSA) is 416 Å². The number of aromatic nitrogens is 4. The molecule has 0 saturated carbocycles. The second kappa shape index (κ2) is 39.3. The van der Waals surface area contributed by atoms with Gasteiger partial charge in [0.05, 0.1) is 0 Å². The van der Waals surface area contributed by atoms with E-state index in [0.29, 0.717) is 52.9 Å². The number of aromatic amines is 4. The summed E-state index contributed by atoms with van der Waals surface area (Å²) in [7, 11) is 0. The average molecular weight is 1760 g/mol. The van der Waals surface area contributed by atoms with Crippen LogP contribution in [0.25, 0.3) is 43.6 Å². The molecule has 4 aromatic heterocycles. The second-order valence-electron chi connectivity index (χ2n) is 34.5. The minimum atomic E-state index is -0.940. The Labute approximate surface area is 691 Å². The minimum absolute atomic E-state index is 0.0630. The van der Waals surface area contributed by atoms with Crippen LogP contribution in [0.3, 0.4) is 0 Å². The lowest BCUT2D eigenvalue weighted by Gasteiger charge is -2.29. The summed E-state index contributed by atoms with van der Waals surface area (Å²) < 4.78 is 43.8. The second-order valence-corrected chi connectivity index (χ2v) is 36.8. The average Bonchev–Trinajstić information content (AvgIpc) is 1.68. The fraction of sp³-hybridized carbons (Fsp3) is 0.500. The molecule has 0 radical (unpaired) electrons. The van der Waals surface area contributed by atoms with Gasteiger partial charge in [0, 0.05) is 131 Å². The lowest BCUT2D eigenvalue weighted by Crippen LogP contribution is -2.43. The van der Waals surface area contributed by atoms with Gasteiger partial charge in [-0.05, 0) is 221 Å². The van der Waals surface area contributed by atoms with Gasteiger partial charge in [-0.1, -0.05) is 67.7 Å². The first kappa shape index (κ1) is 95.9. The van der Waals surface area contributed by atoms with Crippen molar-refractivity contribution in [3.63, 3.8) is 0 Å². The normalized spacial score (nSPS) is 13.1. The zero-order chi connectivity index (χ0) is 87.1. The number of hydrogen-bond acceptors (Lipinski definition) is 20. The van der Waals surface area contributed by atoms with Gasteiger partial charge in [0.1, 0.15) is 69.0 Å². The van der Waals surface area contributed by atoms with E-state index in [1.54, 1.807) is 209 Å². The highest BCUT2D eigenvalue weighted by atomic mass is 79.9. The molecule has 4 unspecified atom stereocenters. The third-order valence-corrected chi connectivity index (χ3v) is 16.2. The number of carbonyl (C=O) groups is 8. The van der Waals surface area contributed by atoms with Crippen LogP contribution in [0.5, 0.6) is 0 Å². The van der Waals surface area contributed by atoms with Crippen molar-refractivity contribution in [2.45, 2.75) is 235 Å². The van der Waals surface area contributed by atoms with Gasteiger partial charge in [0.25, 0.3) is 0 Å². The summed E-state index contributed by atoms with van der Waals surface area (Å²) in [6.45, 7) is 41.1. The maximum absolute atomic E-state index is 12.5. The van der Waals surface area contributed by atoms with Gasteiger partial charge < -0.3 is 79.1 Å². The molecule has 0 saturated heterocycles. The number of rotatable bonds is 16. The highest BCUT2D eigenvalue weighted by molar-refractivity contribution is 9.10. The molecule has 4 atom stereocenters. The van der Waals surface area contributed by atoms with E-state index in [2.05, 4.69) is 73.1 Å². The number of ether oxygens (including phenoxy) is 8. The molecule has 35 heteroatoms. The van der Waals surface area contributed by atoms with Crippen LogP contribution < -0.4 is 21.3 Å². The van der Waals surface area contributed by atoms with Crippen molar-refractivity contribution in [2.24, 2.45) is 0 Å². The Hall–Kier alpha value is -9.71. The summed E-state index contributed by atoms with van der Waals surface area (Å²) in [6, 6.07) is 20.3. The molecule has 4 aromatic carbocycles. The molecule has 0 spiro atoms. The predicted octanol–water partition coefficient (Wildman–Crippen LogP) is 19.6. The number of benzene rings is 4. The molecule has 115 heavy (non-hydrogen) atoms. The number of carbonyl (C=O) groups excluding carboxylic acids is 8. The molecule has 4 heterocycles. The molecule has 8 aromatic rings. The first-order chi connectivity index (χ1) is 52.7. The Bertz CT molecular complexity index is 4490. The lowest BCUT2D eigenvalue weighted by molar-refractivity contribution is -0.120. The zero-order valence-electron chi connectivity index (χ0n) is 69.7. The summed E-state index contributed by atoms with van der Waals surface area (Å²) in [5.41, 5.74) is -0.148. The van der Waals surface area contributed by atoms with Crippen molar-refractivity contribution in [3.05, 3.63) is 140 Å². The maximum Gasteiger partial charge on any atom is 0.434 e. The van der Waals surface area contributed by atoms with Gasteiger partial charge in [-0.15, -0.1) is 0 Å². The molecule has 32 nitrogen and oxygen atoms in total. The summed E-state index contributed by atoms with van der Waals surface area (Å²) in [4.78, 5) is 111. The van der Waals surface area contributed by atoms with E-state index < -0.39 is 118 Å². The first-order valence-corrected chi connectivity index (χ1v) is 38.7. The van der Waals surface area contributed by atoms with Crippen molar-refractivity contribution in [1.29, 1.82) is 0 Å². The van der Waals surface area contributed by atoms with E-state index in [-0.39, 0.29) is 26.2 Å². The van der Waals surface area contributed by atoms with Crippen LogP contribution in [0.1, 0.15) is 213 Å². The third kappa shape index (κ3) is 32.1. The Morgan fingerprint density at radius 2 is 0.574 bits per heavy atom. The van der Waals surface area contributed by atoms with E-state index in [1.165, 1.54) is 0 Å². The number of fused-ring (bicyclic) bond motifs is 4. The minimum Gasteiger partial charge on any atom is -0.444 e. The standard InChI is InChI=1S/2C20H28BrN3O5.C20H28ClN3O5.C20H29N3O5/c1-19(2,3)28-17(25)23-11-16(24(27)18(26)29-20(4,5)6)14-10-22-15-8-7-12(21)9-13(14)15;1-19(2,3)28-17(25)23-11-16(24(27)18(26)29-20(4,5)6)14-10-22-15-9-12(21)7-8-13(14)15;1-19(2,3)28-17(25)23-11-16(24(27)18(26)29-20(4,5)6)14-10-22-15-8-7-12(21)9-13(14)15;1-19(2,3)27-17(24)22-12-16(23(26)18(25)28-20(4,5)6)14-11-21-15-10-8-7-9-13(14)15/h3*7-10,16,22,27H,11H2,1-6H3,(H,23,25);7-11,16,21,26H,12H2,1-6H3,(H,22,24). The van der Waals surface area contributed by atoms with Crippen LogP contribution in [-0.2, 0) is 37.9 Å². The molecule has 634 valence electrons. The number of hydroxylamine groups is 8. The van der Waals surface area contributed by atoms with Crippen LogP contribution in [0, 0.1) is 0 Å². The van der Waals surface area contributed by atoms with Gasteiger partial charge in [0.15, 0.2) is 0 Å². The smallest absolute Gasteiger partial charge is 0.434 e. The van der Waals surface area contributed by atoms with Gasteiger partial charge in [-0.2, -0.15) is 20.3 Å². The molecule has 8 amide bonds. The van der Waals surface area contributed by atoms with E-state index in [4.69, 9.17) is 49.5 Å². The van der Waals surface area contributed by atoms with Crippen LogP contribution in [0.2, 0.25) is 5.02 Å². The number of amides is 8. The third-order valence-electron chi connectivity index (χ3n) is 14.9. The zero-order valence-corrected chi connectivity index (χ0v) is 73.6. The van der Waals surface area contributed by atoms with Crippen LogP contribution in [-0.4, -0.2) is 181 Å². The monoisotopic (exact) mass is 1750 g/mol. The van der Waals surface area contributed by atoms with Gasteiger partial charge >= 0.3 is 48.7 Å². The molecule has 0 aliphatic rings. The van der Waals surface area contributed by atoms with Crippen molar-refractivity contribution in [3.8, 4) is 0 Å². The number of alkyl carbamates (subject to hydrolysis) is 4. The molecule has 0 fully saturated rings. The van der Waals surface area contributed by atoms with Crippen molar-refractivity contribution < 1.29 is 97.1 Å². The Morgan fingerprint density at radius 3 is 0.887 bits per heavy atom. The largest absolute Gasteiger partial charge is 0.444 e. The number of nitrogens with one attached hydrogen (secondary N) is 8. The molecular weight excluding hydrogens is 1640 g/mol. The van der Waals surface area contributed by atoms with Crippen LogP contribution in [0.4, 0.5) is 38.4 Å². The van der Waals surface area contributed by atoms with E-state index in [9.17, 15) is 59.2 Å². The van der Waals surface area contributed by atoms with Crippen LogP contribution >= 0.6 is 43.5 Å². The van der Waals surface area contributed by atoms with Crippen molar-refractivity contribution >= 4 is 136 Å². The molecule has 0 bridgehead atoms. The summed E-state index contributed by atoms with van der Waals surface area (Å²) in [6.07, 6.45) is 0.418. The Morgan fingerprint density at radius 1 is 0.330 bits per heavy atom. The van der Waals surface area contributed by atoms with Gasteiger partial charge in [0.2, 0.25) is 0 Å². The Kier molecular flexibility index (Phi) is 32.8. The quantitative estimate of drug-likeness (QED) is 0.0243. The van der Waals surface area contributed by atoms with E-state index in [0.717, 1.165) is 47.2 Å².